The summed E-state index contributed by atoms with van der Waals surface area (Å²) in [5.41, 5.74) is -1.92. The average Bonchev–Trinajstić information content (AvgIpc) is 3.52. The van der Waals surface area contributed by atoms with Crippen molar-refractivity contribution in [1.29, 1.82) is 0 Å². The second-order valence-electron chi connectivity index (χ2n) is 9.95. The van der Waals surface area contributed by atoms with Gasteiger partial charge in [-0.3, -0.25) is 4.99 Å². The summed E-state index contributed by atoms with van der Waals surface area (Å²) in [6, 6.07) is 20.5. The molecule has 0 saturated heterocycles. The fourth-order valence-corrected chi connectivity index (χ4v) is 6.24. The largest absolute Gasteiger partial charge is 0.506 e. The third-order valence-corrected chi connectivity index (χ3v) is 8.40. The Morgan fingerprint density at radius 2 is 1.45 bits per heavy atom. The summed E-state index contributed by atoms with van der Waals surface area (Å²) in [5.74, 6) is -16.2. The van der Waals surface area contributed by atoms with Crippen LogP contribution in [0.1, 0.15) is 27.3 Å². The number of hydrogen-bond acceptors (Lipinski definition) is 4. The maximum absolute atomic E-state index is 15.5. The topological polar surface area (TPSA) is 45.7 Å². The lowest BCUT2D eigenvalue weighted by atomic mass is 9.93. The highest BCUT2D eigenvalue weighted by atomic mass is 32.1. The van der Waals surface area contributed by atoms with Gasteiger partial charge in [0.1, 0.15) is 22.8 Å². The number of thiophene rings is 1. The van der Waals surface area contributed by atoms with Crippen molar-refractivity contribution >= 4 is 45.4 Å². The number of halogens is 6. The molecule has 0 spiro atoms. The summed E-state index contributed by atoms with van der Waals surface area (Å²) < 4.78 is 97.3. The maximum Gasteiger partial charge on any atom is 0.380 e. The minimum Gasteiger partial charge on any atom is -0.506 e. The lowest BCUT2D eigenvalue weighted by Crippen LogP contribution is -2.48. The minimum absolute atomic E-state index is 0.0131. The van der Waals surface area contributed by atoms with Gasteiger partial charge in [-0.15, -0.1) is 11.3 Å². The number of aliphatic imine (C=N–C) groups is 1. The van der Waals surface area contributed by atoms with E-state index in [9.17, 15) is 13.9 Å². The molecule has 3 aromatic carbocycles. The molecule has 1 aliphatic rings. The molecule has 1 aliphatic carbocycles. The molecule has 10 heteroatoms. The quantitative estimate of drug-likeness (QED) is 0.162. The molecule has 0 atom stereocenters. The lowest BCUT2D eigenvalue weighted by molar-refractivity contribution is -0.254. The van der Waals surface area contributed by atoms with E-state index in [0.29, 0.717) is 21.7 Å². The van der Waals surface area contributed by atoms with Crippen LogP contribution < -0.4 is 0 Å². The van der Waals surface area contributed by atoms with Crippen molar-refractivity contribution in [2.45, 2.75) is 31.6 Å². The summed E-state index contributed by atoms with van der Waals surface area (Å²) in [7, 11) is 0. The Morgan fingerprint density at radius 3 is 2.17 bits per heavy atom. The van der Waals surface area contributed by atoms with E-state index >= 15 is 17.6 Å². The number of nitrogens with zero attached hydrogens (tertiary/aromatic N) is 1. The molecule has 0 radical (unpaired) electrons. The number of fused-ring (bicyclic) bond motifs is 1. The molecule has 0 aliphatic heterocycles. The van der Waals surface area contributed by atoms with E-state index in [4.69, 9.17) is 4.42 Å². The van der Waals surface area contributed by atoms with Crippen molar-refractivity contribution in [2.24, 2.45) is 4.99 Å². The summed E-state index contributed by atoms with van der Waals surface area (Å²) in [5, 5.41) is 9.93. The normalized spacial score (nSPS) is 17.5. The van der Waals surface area contributed by atoms with E-state index in [2.05, 4.69) is 4.99 Å². The van der Waals surface area contributed by atoms with Gasteiger partial charge in [-0.05, 0) is 54.8 Å². The molecule has 2 heterocycles. The van der Waals surface area contributed by atoms with Gasteiger partial charge in [0.25, 0.3) is 0 Å². The van der Waals surface area contributed by atoms with Crippen LogP contribution in [-0.2, 0) is 0 Å². The fourth-order valence-electron chi connectivity index (χ4n) is 5.21. The summed E-state index contributed by atoms with van der Waals surface area (Å²) in [6.45, 7) is 2.73. The highest BCUT2D eigenvalue weighted by Gasteiger charge is 2.80. The van der Waals surface area contributed by atoms with E-state index in [0.717, 1.165) is 11.3 Å². The minimum atomic E-state index is -5.67. The number of alkyl halides is 6. The van der Waals surface area contributed by atoms with Crippen molar-refractivity contribution < 1.29 is 35.9 Å². The molecule has 2 aromatic heterocycles. The Hall–Kier alpha value is -4.31. The third kappa shape index (κ3) is 4.07. The third-order valence-electron chi connectivity index (χ3n) is 7.30. The zero-order chi connectivity index (χ0) is 30.0. The predicted octanol–water partition coefficient (Wildman–Crippen LogP) is 10.1. The SMILES string of the molecule is Cc1oc2ccccc2c1C1=C(c2cc(-c3ccc(C=Nc4ccccc4O)cc3)sc2C)C(F)(F)C(F)(F)C1(F)F. The second kappa shape index (κ2) is 9.62. The molecule has 1 N–H and O–H groups in total. The maximum atomic E-state index is 15.5. The first-order valence-corrected chi connectivity index (χ1v) is 13.6. The first-order valence-electron chi connectivity index (χ1n) is 12.7. The van der Waals surface area contributed by atoms with Crippen LogP contribution in [0.5, 0.6) is 5.75 Å². The molecule has 0 unspecified atom stereocenters. The van der Waals surface area contributed by atoms with Crippen LogP contribution in [0.4, 0.5) is 32.0 Å². The van der Waals surface area contributed by atoms with E-state index in [1.54, 1.807) is 48.5 Å². The Balaban J connectivity index is 1.47. The first-order chi connectivity index (χ1) is 19.8. The van der Waals surface area contributed by atoms with Gasteiger partial charge in [-0.1, -0.05) is 54.6 Å². The molecule has 42 heavy (non-hydrogen) atoms. The number of aromatic hydroxyl groups is 1. The average molecular weight is 598 g/mol. The summed E-state index contributed by atoms with van der Waals surface area (Å²) in [6.07, 6.45) is 1.53. The number of benzene rings is 3. The molecular formula is C32H21F6NO2S. The van der Waals surface area contributed by atoms with Gasteiger partial charge in [0.05, 0.1) is 0 Å². The van der Waals surface area contributed by atoms with Crippen LogP contribution >= 0.6 is 11.3 Å². The van der Waals surface area contributed by atoms with Gasteiger partial charge >= 0.3 is 17.8 Å². The van der Waals surface area contributed by atoms with Crippen LogP contribution in [0.2, 0.25) is 0 Å². The Labute approximate surface area is 240 Å². The number of rotatable bonds is 5. The van der Waals surface area contributed by atoms with E-state index < -0.39 is 34.5 Å². The predicted molar refractivity (Wildman–Crippen MR) is 152 cm³/mol. The molecule has 6 rings (SSSR count). The van der Waals surface area contributed by atoms with Crippen molar-refractivity contribution in [2.75, 3.05) is 0 Å². The summed E-state index contributed by atoms with van der Waals surface area (Å²) in [4.78, 5) is 4.86. The monoisotopic (exact) mass is 597 g/mol. The van der Waals surface area contributed by atoms with E-state index in [1.807, 2.05) is 0 Å². The Bertz CT molecular complexity index is 1900. The molecule has 214 valence electrons. The zero-order valence-corrected chi connectivity index (χ0v) is 22.9. The van der Waals surface area contributed by atoms with Crippen LogP contribution in [0.25, 0.3) is 32.6 Å². The number of furan rings is 1. The molecule has 0 fully saturated rings. The van der Waals surface area contributed by atoms with Crippen molar-refractivity contribution in [1.82, 2.24) is 0 Å². The van der Waals surface area contributed by atoms with Gasteiger partial charge in [0.15, 0.2) is 0 Å². The Kier molecular flexibility index (Phi) is 6.38. The standard InChI is InChI=1S/C32H21F6NO2S/c1-17-27(21-7-3-6-10-25(21)41-17)29-28(30(33,34)32(37,38)31(29,35)36)22-15-26(42-18(22)2)20-13-11-19(12-14-20)16-39-23-8-4-5-9-24(23)40/h3-16,40H,1-2H3. The van der Waals surface area contributed by atoms with Gasteiger partial charge in [-0.25, -0.2) is 0 Å². The van der Waals surface area contributed by atoms with Gasteiger partial charge in [-0.2, -0.15) is 26.3 Å². The number of phenolic OH excluding ortho intramolecular Hbond substituents is 1. The van der Waals surface area contributed by atoms with Gasteiger partial charge in [0, 0.05) is 38.1 Å². The van der Waals surface area contributed by atoms with Crippen molar-refractivity contribution in [3.05, 3.63) is 106 Å². The molecule has 0 saturated carbocycles. The molecule has 0 amide bonds. The zero-order valence-electron chi connectivity index (χ0n) is 22.1. The molecule has 3 nitrogen and oxygen atoms in total. The number of aryl methyl sites for hydroxylation is 2. The number of allylic oxidation sites excluding steroid dienone is 2. The number of phenols is 1. The van der Waals surface area contributed by atoms with Gasteiger partial charge in [0.2, 0.25) is 0 Å². The molecule has 0 bridgehead atoms. The highest BCUT2D eigenvalue weighted by Crippen LogP contribution is 2.66. The Morgan fingerprint density at radius 1 is 0.810 bits per heavy atom. The van der Waals surface area contributed by atoms with Crippen LogP contribution in [0, 0.1) is 13.8 Å². The smallest absolute Gasteiger partial charge is 0.380 e. The highest BCUT2D eigenvalue weighted by molar-refractivity contribution is 7.15. The van der Waals surface area contributed by atoms with E-state index in [1.165, 1.54) is 50.4 Å². The number of para-hydroxylation sites is 3. The molecule has 5 aromatic rings. The van der Waals surface area contributed by atoms with E-state index in [-0.39, 0.29) is 32.9 Å². The van der Waals surface area contributed by atoms with Crippen LogP contribution in [0.3, 0.4) is 0 Å². The summed E-state index contributed by atoms with van der Waals surface area (Å²) >= 11 is 1.03. The van der Waals surface area contributed by atoms with Gasteiger partial charge < -0.3 is 9.52 Å². The lowest BCUT2D eigenvalue weighted by Gasteiger charge is -2.25. The second-order valence-corrected chi connectivity index (χ2v) is 11.2. The van der Waals surface area contributed by atoms with Crippen molar-refractivity contribution in [3.63, 3.8) is 0 Å². The fraction of sp³-hybridized carbons (Fsp3) is 0.156. The van der Waals surface area contributed by atoms with Crippen LogP contribution in [-0.4, -0.2) is 29.1 Å². The van der Waals surface area contributed by atoms with Crippen molar-refractivity contribution in [3.8, 4) is 16.2 Å². The number of hydrogen-bond donors (Lipinski definition) is 1. The molecular weight excluding hydrogens is 576 g/mol. The first kappa shape index (κ1) is 27.8. The van der Waals surface area contributed by atoms with Crippen LogP contribution in [0.15, 0.2) is 88.3 Å².